The summed E-state index contributed by atoms with van der Waals surface area (Å²) in [5.74, 6) is -0.710. The smallest absolute Gasteiger partial charge is 0.325 e. The van der Waals surface area contributed by atoms with Crippen LogP contribution in [0.3, 0.4) is 0 Å². The summed E-state index contributed by atoms with van der Waals surface area (Å²) in [7, 11) is 2.75. The predicted molar refractivity (Wildman–Crippen MR) is 57.6 cm³/mol. The van der Waals surface area contributed by atoms with E-state index in [1.54, 1.807) is 12.1 Å². The van der Waals surface area contributed by atoms with Crippen LogP contribution in [-0.4, -0.2) is 42.5 Å². The number of amides is 1. The van der Waals surface area contributed by atoms with E-state index >= 15 is 0 Å². The summed E-state index contributed by atoms with van der Waals surface area (Å²) in [4.78, 5) is 27.8. The third-order valence-electron chi connectivity index (χ3n) is 2.01. The molecule has 0 aliphatic heterocycles. The fraction of sp³-hybridized carbons (Fsp3) is 0.300. The number of nitrogen functional groups attached to an aromatic ring is 1. The summed E-state index contributed by atoms with van der Waals surface area (Å²) in [6, 6.07) is 3.16. The largest absolute Gasteiger partial charge is 0.468 e. The number of aromatic nitrogens is 1. The fourth-order valence-electron chi connectivity index (χ4n) is 1.13. The highest BCUT2D eigenvalue weighted by molar-refractivity contribution is 5.99. The van der Waals surface area contributed by atoms with Crippen LogP contribution in [0.2, 0.25) is 0 Å². The molecule has 0 aromatic carbocycles. The third-order valence-corrected chi connectivity index (χ3v) is 2.01. The van der Waals surface area contributed by atoms with Crippen molar-refractivity contribution in [3.05, 3.63) is 23.9 Å². The molecule has 0 saturated heterocycles. The molecule has 0 unspecified atom stereocenters. The van der Waals surface area contributed by atoms with Crippen LogP contribution >= 0.6 is 0 Å². The summed E-state index contributed by atoms with van der Waals surface area (Å²) in [6.07, 6.45) is 1.49. The van der Waals surface area contributed by atoms with Crippen LogP contribution in [0.15, 0.2) is 18.3 Å². The molecule has 16 heavy (non-hydrogen) atoms. The number of pyridine rings is 1. The first-order valence-corrected chi connectivity index (χ1v) is 4.59. The minimum atomic E-state index is -0.488. The van der Waals surface area contributed by atoms with E-state index in [1.807, 2.05) is 0 Å². The molecule has 0 bridgehead atoms. The molecule has 0 fully saturated rings. The van der Waals surface area contributed by atoms with Gasteiger partial charge in [0, 0.05) is 13.2 Å². The maximum Gasteiger partial charge on any atom is 0.325 e. The van der Waals surface area contributed by atoms with Crippen LogP contribution in [-0.2, 0) is 9.53 Å². The first-order valence-electron chi connectivity index (χ1n) is 4.59. The molecule has 1 aromatic heterocycles. The lowest BCUT2D eigenvalue weighted by Crippen LogP contribution is -2.33. The number of methoxy groups -OCH3 is 1. The van der Waals surface area contributed by atoms with Gasteiger partial charge in [0.2, 0.25) is 0 Å². The Balaban J connectivity index is 2.79. The average molecular weight is 223 g/mol. The van der Waals surface area contributed by atoms with Gasteiger partial charge in [-0.1, -0.05) is 0 Å². The van der Waals surface area contributed by atoms with Crippen molar-refractivity contribution in [3.63, 3.8) is 0 Å². The molecule has 0 spiro atoms. The molecule has 0 saturated carbocycles. The number of carbonyl (C=O) groups is 2. The van der Waals surface area contributed by atoms with E-state index in [-0.39, 0.29) is 23.8 Å². The molecule has 1 heterocycles. The summed E-state index contributed by atoms with van der Waals surface area (Å²) in [6.45, 7) is -0.121. The monoisotopic (exact) mass is 223 g/mol. The molecule has 86 valence electrons. The Morgan fingerprint density at radius 3 is 2.81 bits per heavy atom. The number of hydrogen-bond donors (Lipinski definition) is 1. The highest BCUT2D eigenvalue weighted by Crippen LogP contribution is 2.09. The van der Waals surface area contributed by atoms with Gasteiger partial charge >= 0.3 is 5.97 Å². The van der Waals surface area contributed by atoms with Crippen molar-refractivity contribution in [1.82, 2.24) is 9.88 Å². The topological polar surface area (TPSA) is 85.5 Å². The maximum atomic E-state index is 11.8. The van der Waals surface area contributed by atoms with E-state index in [0.29, 0.717) is 0 Å². The van der Waals surface area contributed by atoms with Gasteiger partial charge < -0.3 is 15.4 Å². The maximum absolute atomic E-state index is 11.8. The molecule has 2 N–H and O–H groups in total. The Bertz CT molecular complexity index is 406. The number of likely N-dealkylation sites (N-methyl/N-ethyl adjacent to an activating group) is 1. The van der Waals surface area contributed by atoms with Gasteiger partial charge in [-0.3, -0.25) is 9.59 Å². The molecule has 1 aromatic rings. The highest BCUT2D eigenvalue weighted by atomic mass is 16.5. The molecule has 1 amide bonds. The van der Waals surface area contributed by atoms with Crippen molar-refractivity contribution in [1.29, 1.82) is 0 Å². The number of nitrogens with two attached hydrogens (primary N) is 1. The second kappa shape index (κ2) is 5.11. The molecule has 0 aliphatic carbocycles. The van der Waals surface area contributed by atoms with Crippen LogP contribution in [0, 0.1) is 0 Å². The van der Waals surface area contributed by atoms with Crippen molar-refractivity contribution < 1.29 is 14.3 Å². The van der Waals surface area contributed by atoms with Gasteiger partial charge in [0.05, 0.1) is 12.7 Å². The first-order chi connectivity index (χ1) is 7.56. The van der Waals surface area contributed by atoms with Crippen molar-refractivity contribution in [2.24, 2.45) is 0 Å². The second-order valence-corrected chi connectivity index (χ2v) is 3.17. The highest BCUT2D eigenvalue weighted by Gasteiger charge is 2.17. The SMILES string of the molecule is COC(=O)CN(C)C(=O)c1cccnc1N. The summed E-state index contributed by atoms with van der Waals surface area (Å²) in [5.41, 5.74) is 5.82. The average Bonchev–Trinajstić information content (AvgIpc) is 2.28. The number of anilines is 1. The van der Waals surface area contributed by atoms with Gasteiger partial charge in [0.25, 0.3) is 5.91 Å². The lowest BCUT2D eigenvalue weighted by molar-refractivity contribution is -0.141. The number of esters is 1. The van der Waals surface area contributed by atoms with Gasteiger partial charge in [0.1, 0.15) is 12.4 Å². The van der Waals surface area contributed by atoms with Gasteiger partial charge in [-0.15, -0.1) is 0 Å². The van der Waals surface area contributed by atoms with Gasteiger partial charge in [-0.05, 0) is 12.1 Å². The van der Waals surface area contributed by atoms with E-state index in [4.69, 9.17) is 5.73 Å². The van der Waals surface area contributed by atoms with Crippen molar-refractivity contribution in [3.8, 4) is 0 Å². The first kappa shape index (κ1) is 12.0. The lowest BCUT2D eigenvalue weighted by atomic mass is 10.2. The van der Waals surface area contributed by atoms with Gasteiger partial charge in [-0.2, -0.15) is 0 Å². The van der Waals surface area contributed by atoms with Gasteiger partial charge in [0.15, 0.2) is 0 Å². The molecular formula is C10H13N3O3. The van der Waals surface area contributed by atoms with Crippen molar-refractivity contribution in [2.45, 2.75) is 0 Å². The van der Waals surface area contributed by atoms with Crippen LogP contribution in [0.1, 0.15) is 10.4 Å². The molecule has 6 heteroatoms. The number of rotatable bonds is 3. The molecule has 0 aliphatic rings. The fourth-order valence-corrected chi connectivity index (χ4v) is 1.13. The van der Waals surface area contributed by atoms with E-state index in [1.165, 1.54) is 25.3 Å². The Kier molecular flexibility index (Phi) is 3.82. The molecular weight excluding hydrogens is 210 g/mol. The summed E-state index contributed by atoms with van der Waals surface area (Å²) >= 11 is 0. The minimum absolute atomic E-state index is 0.121. The van der Waals surface area contributed by atoms with Crippen molar-refractivity contribution >= 4 is 17.7 Å². The van der Waals surface area contributed by atoms with E-state index in [2.05, 4.69) is 9.72 Å². The van der Waals surface area contributed by atoms with E-state index < -0.39 is 5.97 Å². The number of ether oxygens (including phenoxy) is 1. The van der Waals surface area contributed by atoms with Crippen LogP contribution in [0.4, 0.5) is 5.82 Å². The Morgan fingerprint density at radius 2 is 2.25 bits per heavy atom. The van der Waals surface area contributed by atoms with E-state index in [9.17, 15) is 9.59 Å². The zero-order valence-electron chi connectivity index (χ0n) is 9.14. The molecule has 1 rings (SSSR count). The third kappa shape index (κ3) is 2.69. The zero-order chi connectivity index (χ0) is 12.1. The van der Waals surface area contributed by atoms with Crippen LogP contribution < -0.4 is 5.73 Å². The van der Waals surface area contributed by atoms with E-state index in [0.717, 1.165) is 0 Å². The predicted octanol–water partition coefficient (Wildman–Crippen LogP) is -0.0912. The quantitative estimate of drug-likeness (QED) is 0.724. The number of carbonyl (C=O) groups excluding carboxylic acids is 2. The Labute approximate surface area is 93.0 Å². The normalized spacial score (nSPS) is 9.62. The molecule has 0 radical (unpaired) electrons. The van der Waals surface area contributed by atoms with Gasteiger partial charge in [-0.25, -0.2) is 4.98 Å². The zero-order valence-corrected chi connectivity index (χ0v) is 9.14. The minimum Gasteiger partial charge on any atom is -0.468 e. The number of nitrogens with zero attached hydrogens (tertiary/aromatic N) is 2. The Hall–Kier alpha value is -2.11. The Morgan fingerprint density at radius 1 is 1.56 bits per heavy atom. The molecule has 6 nitrogen and oxygen atoms in total. The summed E-state index contributed by atoms with van der Waals surface area (Å²) < 4.78 is 4.46. The van der Waals surface area contributed by atoms with Crippen molar-refractivity contribution in [2.75, 3.05) is 26.4 Å². The summed E-state index contributed by atoms with van der Waals surface area (Å²) in [5, 5.41) is 0. The molecule has 0 atom stereocenters. The lowest BCUT2D eigenvalue weighted by Gasteiger charge is -2.16. The number of hydrogen-bond acceptors (Lipinski definition) is 5. The second-order valence-electron chi connectivity index (χ2n) is 3.17. The van der Waals surface area contributed by atoms with Crippen LogP contribution in [0.5, 0.6) is 0 Å². The standard InChI is InChI=1S/C10H13N3O3/c1-13(6-8(14)16-2)10(15)7-4-3-5-12-9(7)11/h3-5H,6H2,1-2H3,(H2,11,12). The van der Waals surface area contributed by atoms with Crippen LogP contribution in [0.25, 0.3) is 0 Å².